The average molecular weight is 435 g/mol. The SMILES string of the molecule is Cc1cccc(-c2ccc(-c3c4ccccc4cc4ccccc34)c(-c3cccc(C)c3)c2)c1. The van der Waals surface area contributed by atoms with E-state index < -0.39 is 0 Å². The molecule has 0 nitrogen and oxygen atoms in total. The molecular formula is C34H26. The highest BCUT2D eigenvalue weighted by atomic mass is 14.2. The lowest BCUT2D eigenvalue weighted by atomic mass is 9.86. The van der Waals surface area contributed by atoms with Gasteiger partial charge in [-0.25, -0.2) is 0 Å². The van der Waals surface area contributed by atoms with Crippen LogP contribution in [-0.2, 0) is 0 Å². The molecule has 162 valence electrons. The number of fused-ring (bicyclic) bond motifs is 2. The fourth-order valence-electron chi connectivity index (χ4n) is 5.12. The van der Waals surface area contributed by atoms with Gasteiger partial charge in [0.25, 0.3) is 0 Å². The fourth-order valence-corrected chi connectivity index (χ4v) is 5.12. The lowest BCUT2D eigenvalue weighted by molar-refractivity contribution is 1.46. The van der Waals surface area contributed by atoms with Gasteiger partial charge in [-0.3, -0.25) is 0 Å². The predicted octanol–water partition coefficient (Wildman–Crippen LogP) is 9.61. The molecule has 0 aliphatic carbocycles. The molecule has 0 aromatic heterocycles. The summed E-state index contributed by atoms with van der Waals surface area (Å²) < 4.78 is 0. The third kappa shape index (κ3) is 3.58. The monoisotopic (exact) mass is 434 g/mol. The van der Waals surface area contributed by atoms with Gasteiger partial charge >= 0.3 is 0 Å². The van der Waals surface area contributed by atoms with Gasteiger partial charge in [0.1, 0.15) is 0 Å². The van der Waals surface area contributed by atoms with E-state index in [0.29, 0.717) is 0 Å². The zero-order valence-electron chi connectivity index (χ0n) is 19.5. The Balaban J connectivity index is 1.71. The molecule has 6 aromatic rings. The molecule has 0 spiro atoms. The largest absolute Gasteiger partial charge is 0.0616 e. The second kappa shape index (κ2) is 8.32. The minimum Gasteiger partial charge on any atom is -0.0616 e. The smallest absolute Gasteiger partial charge is 0.00206 e. The summed E-state index contributed by atoms with van der Waals surface area (Å²) in [5.41, 5.74) is 10.1. The second-order valence-electron chi connectivity index (χ2n) is 9.19. The molecule has 0 saturated carbocycles. The summed E-state index contributed by atoms with van der Waals surface area (Å²) in [4.78, 5) is 0. The van der Waals surface area contributed by atoms with Crippen molar-refractivity contribution >= 4 is 21.5 Å². The van der Waals surface area contributed by atoms with Crippen molar-refractivity contribution in [3.05, 3.63) is 132 Å². The Bertz CT molecular complexity index is 1620. The van der Waals surface area contributed by atoms with Gasteiger partial charge in [-0.2, -0.15) is 0 Å². The molecule has 0 heteroatoms. The van der Waals surface area contributed by atoms with Gasteiger partial charge in [-0.1, -0.05) is 120 Å². The minimum absolute atomic E-state index is 1.24. The highest BCUT2D eigenvalue weighted by Crippen LogP contribution is 2.42. The molecule has 34 heavy (non-hydrogen) atoms. The quantitative estimate of drug-likeness (QED) is 0.243. The van der Waals surface area contributed by atoms with Crippen LogP contribution >= 0.6 is 0 Å². The third-order valence-corrected chi connectivity index (χ3v) is 6.74. The van der Waals surface area contributed by atoms with Gasteiger partial charge in [0.2, 0.25) is 0 Å². The number of hydrogen-bond acceptors (Lipinski definition) is 0. The Morgan fingerprint density at radius 2 is 0.941 bits per heavy atom. The number of benzene rings is 6. The van der Waals surface area contributed by atoms with Gasteiger partial charge in [0.15, 0.2) is 0 Å². The van der Waals surface area contributed by atoms with Crippen LogP contribution in [0.1, 0.15) is 11.1 Å². The Morgan fingerprint density at radius 1 is 0.382 bits per heavy atom. The van der Waals surface area contributed by atoms with Crippen molar-refractivity contribution in [3.8, 4) is 33.4 Å². The molecule has 0 atom stereocenters. The lowest BCUT2D eigenvalue weighted by Crippen LogP contribution is -1.91. The predicted molar refractivity (Wildman–Crippen MR) is 147 cm³/mol. The number of aryl methyl sites for hydroxylation is 2. The second-order valence-corrected chi connectivity index (χ2v) is 9.19. The first-order chi connectivity index (χ1) is 16.7. The third-order valence-electron chi connectivity index (χ3n) is 6.74. The summed E-state index contributed by atoms with van der Waals surface area (Å²) in [6, 6.07) is 44.4. The molecule has 0 radical (unpaired) electrons. The summed E-state index contributed by atoms with van der Waals surface area (Å²) in [6.07, 6.45) is 0. The van der Waals surface area contributed by atoms with Gasteiger partial charge in [0, 0.05) is 0 Å². The van der Waals surface area contributed by atoms with Gasteiger partial charge in [0.05, 0.1) is 0 Å². The summed E-state index contributed by atoms with van der Waals surface area (Å²) >= 11 is 0. The zero-order chi connectivity index (χ0) is 23.1. The van der Waals surface area contributed by atoms with Crippen molar-refractivity contribution in [2.24, 2.45) is 0 Å². The van der Waals surface area contributed by atoms with Crippen LogP contribution in [0.15, 0.2) is 121 Å². The van der Waals surface area contributed by atoms with Crippen LogP contribution in [0.5, 0.6) is 0 Å². The molecule has 0 aliphatic rings. The maximum absolute atomic E-state index is 2.37. The minimum atomic E-state index is 1.24. The Hall–Kier alpha value is -4.16. The first kappa shape index (κ1) is 20.4. The molecule has 6 aromatic carbocycles. The van der Waals surface area contributed by atoms with Crippen molar-refractivity contribution < 1.29 is 0 Å². The maximum atomic E-state index is 2.37. The van der Waals surface area contributed by atoms with Crippen molar-refractivity contribution in [1.29, 1.82) is 0 Å². The highest BCUT2D eigenvalue weighted by Gasteiger charge is 2.15. The molecule has 0 N–H and O–H groups in total. The molecule has 0 heterocycles. The molecular weight excluding hydrogens is 408 g/mol. The van der Waals surface area contributed by atoms with Crippen LogP contribution in [0.25, 0.3) is 54.9 Å². The van der Waals surface area contributed by atoms with Gasteiger partial charge < -0.3 is 0 Å². The first-order valence-corrected chi connectivity index (χ1v) is 11.9. The van der Waals surface area contributed by atoms with Crippen molar-refractivity contribution in [2.45, 2.75) is 13.8 Å². The van der Waals surface area contributed by atoms with Crippen LogP contribution in [0.4, 0.5) is 0 Å². The summed E-state index contributed by atoms with van der Waals surface area (Å²) in [5.74, 6) is 0. The van der Waals surface area contributed by atoms with Crippen LogP contribution in [0.2, 0.25) is 0 Å². The van der Waals surface area contributed by atoms with Gasteiger partial charge in [-0.15, -0.1) is 0 Å². The van der Waals surface area contributed by atoms with Crippen molar-refractivity contribution in [2.75, 3.05) is 0 Å². The zero-order valence-corrected chi connectivity index (χ0v) is 19.5. The molecule has 0 fully saturated rings. The van der Waals surface area contributed by atoms with E-state index in [2.05, 4.69) is 135 Å². The highest BCUT2D eigenvalue weighted by molar-refractivity contribution is 6.14. The van der Waals surface area contributed by atoms with Crippen LogP contribution < -0.4 is 0 Å². The van der Waals surface area contributed by atoms with E-state index in [1.165, 1.54) is 66.1 Å². The van der Waals surface area contributed by atoms with E-state index in [4.69, 9.17) is 0 Å². The fraction of sp³-hybridized carbons (Fsp3) is 0.0588. The average Bonchev–Trinajstić information content (AvgIpc) is 2.87. The summed E-state index contributed by atoms with van der Waals surface area (Å²) in [6.45, 7) is 4.32. The molecule has 0 saturated heterocycles. The van der Waals surface area contributed by atoms with E-state index in [1.54, 1.807) is 0 Å². The topological polar surface area (TPSA) is 0 Å². The Kier molecular flexibility index (Phi) is 5.00. The van der Waals surface area contributed by atoms with E-state index in [9.17, 15) is 0 Å². The molecule has 0 unspecified atom stereocenters. The van der Waals surface area contributed by atoms with E-state index in [0.717, 1.165) is 0 Å². The number of hydrogen-bond donors (Lipinski definition) is 0. The van der Waals surface area contributed by atoms with Gasteiger partial charge in [-0.05, 0) is 80.9 Å². The van der Waals surface area contributed by atoms with Crippen LogP contribution in [-0.4, -0.2) is 0 Å². The molecule has 0 amide bonds. The van der Waals surface area contributed by atoms with E-state index in [1.807, 2.05) is 0 Å². The lowest BCUT2D eigenvalue weighted by Gasteiger charge is -2.18. The van der Waals surface area contributed by atoms with Crippen molar-refractivity contribution in [3.63, 3.8) is 0 Å². The molecule has 0 aliphatic heterocycles. The summed E-state index contributed by atoms with van der Waals surface area (Å²) in [7, 11) is 0. The number of rotatable bonds is 3. The van der Waals surface area contributed by atoms with Crippen LogP contribution in [0.3, 0.4) is 0 Å². The summed E-state index contributed by atoms with van der Waals surface area (Å²) in [5, 5.41) is 5.13. The normalized spacial score (nSPS) is 11.2. The maximum Gasteiger partial charge on any atom is -0.00206 e. The standard InChI is InChI=1S/C34H26/c1-23-9-7-13-25(19-23)26-17-18-32(33(22-26)27-14-8-10-24(2)20-27)34-30-15-5-3-11-28(30)21-29-12-4-6-16-31(29)34/h3-22H,1-2H3. The molecule has 6 rings (SSSR count). The Morgan fingerprint density at radius 3 is 1.59 bits per heavy atom. The van der Waals surface area contributed by atoms with E-state index in [-0.39, 0.29) is 0 Å². The van der Waals surface area contributed by atoms with Crippen LogP contribution in [0, 0.1) is 13.8 Å². The molecule has 0 bridgehead atoms. The first-order valence-electron chi connectivity index (χ1n) is 11.9. The Labute approximate surface area is 201 Å². The van der Waals surface area contributed by atoms with E-state index >= 15 is 0 Å². The van der Waals surface area contributed by atoms with Crippen molar-refractivity contribution in [1.82, 2.24) is 0 Å².